The summed E-state index contributed by atoms with van der Waals surface area (Å²) >= 11 is 1.60. The molecule has 0 saturated carbocycles. The van der Waals surface area contributed by atoms with Crippen LogP contribution in [0.25, 0.3) is 0 Å². The molecule has 1 aromatic carbocycles. The lowest BCUT2D eigenvalue weighted by atomic mass is 9.74. The molecule has 4 aliphatic rings. The second-order valence-electron chi connectivity index (χ2n) is 12.3. The molecule has 4 heterocycles. The Labute approximate surface area is 241 Å². The topological polar surface area (TPSA) is 90.4 Å². The van der Waals surface area contributed by atoms with E-state index in [-0.39, 0.29) is 24.3 Å². The summed E-state index contributed by atoms with van der Waals surface area (Å²) in [4.78, 5) is 48.5. The lowest BCUT2D eigenvalue weighted by Gasteiger charge is -2.41. The summed E-state index contributed by atoms with van der Waals surface area (Å²) in [6, 6.07) is 6.77. The Bertz CT molecular complexity index is 1220. The van der Waals surface area contributed by atoms with Gasteiger partial charge in [0.25, 0.3) is 0 Å². The molecule has 0 aromatic heterocycles. The SMILES string of the molecule is CCOc1ccc(N2CC=C[C@@]3(C)S[C@]45C=CCN(C(C)(C)C)C(=O)C4N(CCCCO)C(=O)[C@@H]5[C@H]3C2=O)cc1. The Morgan fingerprint density at radius 1 is 0.975 bits per heavy atom. The molecule has 3 amide bonds. The smallest absolute Gasteiger partial charge is 0.247 e. The molecule has 0 bridgehead atoms. The fourth-order valence-electron chi connectivity index (χ4n) is 6.88. The number of hydrogen-bond acceptors (Lipinski definition) is 6. The van der Waals surface area contributed by atoms with E-state index >= 15 is 0 Å². The Kier molecular flexibility index (Phi) is 7.59. The van der Waals surface area contributed by atoms with Gasteiger partial charge in [0.15, 0.2) is 0 Å². The van der Waals surface area contributed by atoms with Gasteiger partial charge < -0.3 is 24.5 Å². The molecule has 9 heteroatoms. The number of ether oxygens (including phenoxy) is 1. The van der Waals surface area contributed by atoms with E-state index in [9.17, 15) is 19.5 Å². The average molecular weight is 568 g/mol. The summed E-state index contributed by atoms with van der Waals surface area (Å²) in [7, 11) is 0. The van der Waals surface area contributed by atoms with Crippen molar-refractivity contribution in [2.24, 2.45) is 11.8 Å². The number of rotatable bonds is 7. The van der Waals surface area contributed by atoms with E-state index in [1.807, 2.05) is 75.9 Å². The Morgan fingerprint density at radius 2 is 1.68 bits per heavy atom. The van der Waals surface area contributed by atoms with Crippen LogP contribution in [0.4, 0.5) is 5.69 Å². The number of carbonyl (C=O) groups is 3. The van der Waals surface area contributed by atoms with Crippen molar-refractivity contribution in [1.82, 2.24) is 9.80 Å². The van der Waals surface area contributed by atoms with Gasteiger partial charge in [-0.1, -0.05) is 24.3 Å². The van der Waals surface area contributed by atoms with Gasteiger partial charge in [-0.2, -0.15) is 0 Å². The lowest BCUT2D eigenvalue weighted by molar-refractivity contribution is -0.145. The third kappa shape index (κ3) is 4.55. The van der Waals surface area contributed by atoms with Crippen LogP contribution in [0, 0.1) is 11.8 Å². The number of unbranched alkanes of at least 4 members (excludes halogenated alkanes) is 1. The van der Waals surface area contributed by atoms with Crippen molar-refractivity contribution in [3.05, 3.63) is 48.6 Å². The van der Waals surface area contributed by atoms with Crippen LogP contribution in [0.1, 0.15) is 47.5 Å². The van der Waals surface area contributed by atoms with Crippen molar-refractivity contribution in [3.8, 4) is 5.75 Å². The maximum absolute atomic E-state index is 14.5. The first-order chi connectivity index (χ1) is 19.0. The predicted molar refractivity (Wildman–Crippen MR) is 157 cm³/mol. The summed E-state index contributed by atoms with van der Waals surface area (Å²) in [5.74, 6) is -0.908. The number of thioether (sulfide) groups is 1. The maximum atomic E-state index is 14.5. The molecule has 1 aromatic rings. The molecule has 0 aliphatic carbocycles. The van der Waals surface area contributed by atoms with E-state index in [2.05, 4.69) is 12.2 Å². The monoisotopic (exact) mass is 567 g/mol. The van der Waals surface area contributed by atoms with Crippen LogP contribution >= 0.6 is 11.8 Å². The second kappa shape index (κ2) is 10.6. The molecule has 2 saturated heterocycles. The number of amides is 3. The highest BCUT2D eigenvalue weighted by atomic mass is 32.2. The van der Waals surface area contributed by atoms with Gasteiger partial charge in [-0.3, -0.25) is 14.4 Å². The standard InChI is InChI=1S/C31H41N3O5S/c1-6-39-22-13-11-21(12-14-22)32-18-9-15-30(5)23(26(32)36)24-27(37)33(17-7-8-20-35)25-28(38)34(29(2,3)4)19-10-16-31(24,25)40-30/h9-16,23-25,35H,6-8,17-20H2,1-5H3/t23-,24-,25?,30+,31-/m0/s1. The minimum absolute atomic E-state index is 0.0268. The van der Waals surface area contributed by atoms with Gasteiger partial charge in [0.05, 0.1) is 23.2 Å². The van der Waals surface area contributed by atoms with Crippen LogP contribution in [-0.4, -0.2) is 86.6 Å². The maximum Gasteiger partial charge on any atom is 0.247 e. The van der Waals surface area contributed by atoms with E-state index < -0.39 is 32.9 Å². The first-order valence-electron chi connectivity index (χ1n) is 14.3. The van der Waals surface area contributed by atoms with Gasteiger partial charge in [0.2, 0.25) is 17.7 Å². The molecule has 40 heavy (non-hydrogen) atoms. The van der Waals surface area contributed by atoms with Crippen LogP contribution in [0.2, 0.25) is 0 Å². The Hall–Kier alpha value is -2.78. The molecular formula is C31H41N3O5S. The molecule has 2 fully saturated rings. The quantitative estimate of drug-likeness (QED) is 0.400. The van der Waals surface area contributed by atoms with E-state index in [0.29, 0.717) is 39.1 Å². The average Bonchev–Trinajstić information content (AvgIpc) is 3.15. The molecular weight excluding hydrogens is 526 g/mol. The van der Waals surface area contributed by atoms with Crippen molar-refractivity contribution in [1.29, 1.82) is 0 Å². The predicted octanol–water partition coefficient (Wildman–Crippen LogP) is 3.65. The third-order valence-electron chi connectivity index (χ3n) is 8.63. The van der Waals surface area contributed by atoms with Gasteiger partial charge in [-0.05, 0) is 71.7 Å². The van der Waals surface area contributed by atoms with Crippen molar-refractivity contribution < 1.29 is 24.2 Å². The molecule has 1 spiro atoms. The van der Waals surface area contributed by atoms with Gasteiger partial charge >= 0.3 is 0 Å². The van der Waals surface area contributed by atoms with Crippen molar-refractivity contribution in [2.45, 2.75) is 68.5 Å². The minimum atomic E-state index is -0.866. The van der Waals surface area contributed by atoms with Crippen molar-refractivity contribution >= 4 is 35.2 Å². The highest BCUT2D eigenvalue weighted by Gasteiger charge is 2.74. The molecule has 5 atom stereocenters. The normalized spacial score (nSPS) is 31.7. The van der Waals surface area contributed by atoms with Crippen LogP contribution < -0.4 is 9.64 Å². The van der Waals surface area contributed by atoms with Gasteiger partial charge in [0, 0.05) is 42.2 Å². The fraction of sp³-hybridized carbons (Fsp3) is 0.581. The first-order valence-corrected chi connectivity index (χ1v) is 15.1. The number of carbonyl (C=O) groups excluding carboxylic acids is 3. The first kappa shape index (κ1) is 28.7. The van der Waals surface area contributed by atoms with Crippen molar-refractivity contribution in [3.63, 3.8) is 0 Å². The number of hydrogen-bond donors (Lipinski definition) is 1. The number of anilines is 1. The molecule has 1 unspecified atom stereocenters. The number of likely N-dealkylation sites (tertiary alicyclic amines) is 1. The largest absolute Gasteiger partial charge is 0.494 e. The molecule has 216 valence electrons. The molecule has 0 radical (unpaired) electrons. The third-order valence-corrected chi connectivity index (χ3v) is 10.4. The van der Waals surface area contributed by atoms with Crippen molar-refractivity contribution in [2.75, 3.05) is 37.7 Å². The van der Waals surface area contributed by atoms with E-state index in [0.717, 1.165) is 11.4 Å². The lowest BCUT2D eigenvalue weighted by Crippen LogP contribution is -2.57. The van der Waals surface area contributed by atoms with E-state index in [1.54, 1.807) is 21.6 Å². The zero-order valence-corrected chi connectivity index (χ0v) is 24.9. The van der Waals surface area contributed by atoms with Crippen LogP contribution in [0.15, 0.2) is 48.6 Å². The number of benzene rings is 1. The molecule has 5 rings (SSSR count). The highest BCUT2D eigenvalue weighted by molar-refractivity contribution is 8.02. The Balaban J connectivity index is 1.58. The number of fused-ring (bicyclic) bond motifs is 2. The van der Waals surface area contributed by atoms with E-state index in [4.69, 9.17) is 4.74 Å². The molecule has 4 aliphatic heterocycles. The molecule has 1 N–H and O–H groups in total. The summed E-state index contributed by atoms with van der Waals surface area (Å²) in [5, 5.41) is 9.42. The van der Waals surface area contributed by atoms with Gasteiger partial charge in [-0.15, -0.1) is 11.8 Å². The van der Waals surface area contributed by atoms with E-state index in [1.165, 1.54) is 0 Å². The second-order valence-corrected chi connectivity index (χ2v) is 14.1. The molecule has 8 nitrogen and oxygen atoms in total. The summed E-state index contributed by atoms with van der Waals surface area (Å²) in [6.07, 6.45) is 9.30. The zero-order chi connectivity index (χ0) is 28.9. The minimum Gasteiger partial charge on any atom is -0.494 e. The zero-order valence-electron chi connectivity index (χ0n) is 24.1. The Morgan fingerprint density at radius 3 is 2.33 bits per heavy atom. The van der Waals surface area contributed by atoms with Crippen LogP contribution in [0.3, 0.4) is 0 Å². The number of nitrogens with zero attached hydrogens (tertiary/aromatic N) is 3. The van der Waals surface area contributed by atoms with Crippen LogP contribution in [-0.2, 0) is 14.4 Å². The van der Waals surface area contributed by atoms with Gasteiger partial charge in [0.1, 0.15) is 11.8 Å². The summed E-state index contributed by atoms with van der Waals surface area (Å²) < 4.78 is 4.07. The summed E-state index contributed by atoms with van der Waals surface area (Å²) in [6.45, 7) is 11.8. The fourth-order valence-corrected chi connectivity index (χ4v) is 9.04. The summed E-state index contributed by atoms with van der Waals surface area (Å²) in [5.41, 5.74) is 0.323. The van der Waals surface area contributed by atoms with Gasteiger partial charge in [-0.25, -0.2) is 0 Å². The highest BCUT2D eigenvalue weighted by Crippen LogP contribution is 2.65. The number of aliphatic hydroxyl groups excluding tert-OH is 1. The van der Waals surface area contributed by atoms with Crippen LogP contribution in [0.5, 0.6) is 5.75 Å². The number of aliphatic hydroxyl groups is 1.